The van der Waals surface area contributed by atoms with E-state index in [0.717, 1.165) is 40.1 Å². The van der Waals surface area contributed by atoms with Crippen LogP contribution in [-0.4, -0.2) is 58.5 Å². The van der Waals surface area contributed by atoms with Crippen LogP contribution in [0, 0.1) is 0 Å². The van der Waals surface area contributed by atoms with Crippen LogP contribution in [0.25, 0.3) is 11.1 Å². The molecule has 5 nitrogen and oxygen atoms in total. The smallest absolute Gasteiger partial charge is 0.175 e. The summed E-state index contributed by atoms with van der Waals surface area (Å²) < 4.78 is 29.8. The fourth-order valence-electron chi connectivity index (χ4n) is 3.76. The molecule has 0 fully saturated rings. The Bertz CT molecular complexity index is 1190. The molecule has 0 aliphatic rings. The third kappa shape index (κ3) is 8.22. The van der Waals surface area contributed by atoms with Gasteiger partial charge in [0, 0.05) is 19.4 Å². The first-order chi connectivity index (χ1) is 16.3. The summed E-state index contributed by atoms with van der Waals surface area (Å²) >= 11 is 0. The van der Waals surface area contributed by atoms with E-state index in [4.69, 9.17) is 4.74 Å². The van der Waals surface area contributed by atoms with Crippen molar-refractivity contribution in [3.63, 3.8) is 0 Å². The van der Waals surface area contributed by atoms with E-state index in [-0.39, 0.29) is 23.9 Å². The molecule has 0 unspecified atom stereocenters. The molecule has 1 N–H and O–H groups in total. The number of ether oxygens (including phenoxy) is 1. The lowest BCUT2D eigenvalue weighted by molar-refractivity contribution is 0.261. The van der Waals surface area contributed by atoms with E-state index < -0.39 is 9.84 Å². The SMILES string of the molecule is CN(C)CCOc1ccc(/C(=C(/CCCO)c2ccccc2)c2ccc(S(C)(=O)=O)cc2)cc1.Cl. The van der Waals surface area contributed by atoms with E-state index in [1.807, 2.05) is 68.7 Å². The first kappa shape index (κ1) is 28.6. The Labute approximate surface area is 215 Å². The van der Waals surface area contributed by atoms with Crippen LogP contribution in [0.2, 0.25) is 0 Å². The molecule has 0 saturated carbocycles. The molecule has 0 bridgehead atoms. The van der Waals surface area contributed by atoms with Gasteiger partial charge in [-0.25, -0.2) is 8.42 Å². The van der Waals surface area contributed by atoms with Gasteiger partial charge in [-0.1, -0.05) is 54.6 Å². The number of likely N-dealkylation sites (N-methyl/N-ethyl adjacent to an activating group) is 1. The van der Waals surface area contributed by atoms with Crippen molar-refractivity contribution in [1.82, 2.24) is 4.90 Å². The van der Waals surface area contributed by atoms with Crippen LogP contribution in [0.1, 0.15) is 29.5 Å². The first-order valence-corrected chi connectivity index (χ1v) is 13.3. The Morgan fingerprint density at radius 2 is 1.43 bits per heavy atom. The summed E-state index contributed by atoms with van der Waals surface area (Å²) in [5.74, 6) is 0.800. The molecule has 3 aromatic rings. The topological polar surface area (TPSA) is 66.8 Å². The van der Waals surface area contributed by atoms with E-state index in [9.17, 15) is 13.5 Å². The molecule has 0 aromatic heterocycles. The Balaban J connectivity index is 0.00000432. The minimum Gasteiger partial charge on any atom is -0.492 e. The van der Waals surface area contributed by atoms with E-state index in [0.29, 0.717) is 19.4 Å². The molecule has 35 heavy (non-hydrogen) atoms. The third-order valence-electron chi connectivity index (χ3n) is 5.53. The number of aliphatic hydroxyl groups excluding tert-OH is 1. The first-order valence-electron chi connectivity index (χ1n) is 11.4. The van der Waals surface area contributed by atoms with Crippen LogP contribution >= 0.6 is 12.4 Å². The lowest BCUT2D eigenvalue weighted by Crippen LogP contribution is -2.19. The molecule has 188 valence electrons. The van der Waals surface area contributed by atoms with Crippen LogP contribution in [0.15, 0.2) is 83.8 Å². The Hall–Kier alpha value is -2.64. The van der Waals surface area contributed by atoms with E-state index in [2.05, 4.69) is 17.0 Å². The molecule has 0 saturated heterocycles. The van der Waals surface area contributed by atoms with Gasteiger partial charge in [-0.3, -0.25) is 0 Å². The standard InChI is InChI=1S/C28H33NO4S.ClH/c1-29(2)19-21-33-25-15-11-23(12-16-25)28(24-13-17-26(18-14-24)34(3,31)32)27(10-7-20-30)22-8-5-4-6-9-22;/h4-6,8-9,11-18,30H,7,10,19-21H2,1-3H3;1H/b28-27+;. The Kier molecular flexibility index (Phi) is 11.0. The summed E-state index contributed by atoms with van der Waals surface area (Å²) in [6, 6.07) is 25.1. The molecule has 0 atom stereocenters. The van der Waals surface area contributed by atoms with Crippen molar-refractivity contribution >= 4 is 33.4 Å². The van der Waals surface area contributed by atoms with Gasteiger partial charge in [-0.05, 0) is 79.0 Å². The van der Waals surface area contributed by atoms with E-state index in [1.54, 1.807) is 12.1 Å². The zero-order valence-electron chi connectivity index (χ0n) is 20.5. The summed E-state index contributed by atoms with van der Waals surface area (Å²) in [5.41, 5.74) is 5.11. The van der Waals surface area contributed by atoms with Crippen molar-refractivity contribution < 1.29 is 18.3 Å². The average molecular weight is 516 g/mol. The van der Waals surface area contributed by atoms with Crippen molar-refractivity contribution in [3.05, 3.63) is 95.6 Å². The van der Waals surface area contributed by atoms with Gasteiger partial charge in [0.1, 0.15) is 12.4 Å². The highest BCUT2D eigenvalue weighted by atomic mass is 35.5. The van der Waals surface area contributed by atoms with Crippen LogP contribution < -0.4 is 4.74 Å². The third-order valence-corrected chi connectivity index (χ3v) is 6.66. The van der Waals surface area contributed by atoms with Crippen molar-refractivity contribution in [2.24, 2.45) is 0 Å². The number of hydrogen-bond donors (Lipinski definition) is 1. The van der Waals surface area contributed by atoms with Gasteiger partial charge >= 0.3 is 0 Å². The van der Waals surface area contributed by atoms with Crippen LogP contribution in [0.3, 0.4) is 0 Å². The number of hydrogen-bond acceptors (Lipinski definition) is 5. The predicted octanol–water partition coefficient (Wildman–Crippen LogP) is 5.18. The maximum absolute atomic E-state index is 12.0. The van der Waals surface area contributed by atoms with Crippen LogP contribution in [0.4, 0.5) is 0 Å². The summed E-state index contributed by atoms with van der Waals surface area (Å²) in [6.07, 6.45) is 2.52. The number of sulfone groups is 1. The second-order valence-electron chi connectivity index (χ2n) is 8.52. The Morgan fingerprint density at radius 1 is 0.857 bits per heavy atom. The number of allylic oxidation sites excluding steroid dienone is 1. The second-order valence-corrected chi connectivity index (χ2v) is 10.5. The maximum atomic E-state index is 12.0. The molecule has 3 aromatic carbocycles. The number of halogens is 1. The normalized spacial score (nSPS) is 12.1. The molecule has 0 aliphatic heterocycles. The molecule has 0 heterocycles. The van der Waals surface area contributed by atoms with Crippen LogP contribution in [0.5, 0.6) is 5.75 Å². The molecule has 3 rings (SSSR count). The molecule has 0 aliphatic carbocycles. The summed E-state index contributed by atoms with van der Waals surface area (Å²) in [6.45, 7) is 1.53. The maximum Gasteiger partial charge on any atom is 0.175 e. The number of aliphatic hydroxyl groups is 1. The van der Waals surface area contributed by atoms with Crippen LogP contribution in [-0.2, 0) is 9.84 Å². The zero-order chi connectivity index (χ0) is 24.6. The quantitative estimate of drug-likeness (QED) is 0.356. The van der Waals surface area contributed by atoms with Crippen molar-refractivity contribution in [1.29, 1.82) is 0 Å². The number of nitrogens with zero attached hydrogens (tertiary/aromatic N) is 1. The number of rotatable bonds is 11. The van der Waals surface area contributed by atoms with E-state index >= 15 is 0 Å². The zero-order valence-corrected chi connectivity index (χ0v) is 22.1. The van der Waals surface area contributed by atoms with Crippen molar-refractivity contribution in [2.45, 2.75) is 17.7 Å². The van der Waals surface area contributed by atoms with Gasteiger partial charge in [0.15, 0.2) is 9.84 Å². The summed E-state index contributed by atoms with van der Waals surface area (Å²) in [5, 5.41) is 9.56. The van der Waals surface area contributed by atoms with Gasteiger partial charge < -0.3 is 14.7 Å². The van der Waals surface area contributed by atoms with E-state index in [1.165, 1.54) is 6.26 Å². The van der Waals surface area contributed by atoms with Crippen molar-refractivity contribution in [3.8, 4) is 5.75 Å². The fraction of sp³-hybridized carbons (Fsp3) is 0.286. The number of benzene rings is 3. The average Bonchev–Trinajstić information content (AvgIpc) is 2.82. The van der Waals surface area contributed by atoms with Gasteiger partial charge in [0.2, 0.25) is 0 Å². The van der Waals surface area contributed by atoms with Gasteiger partial charge in [-0.2, -0.15) is 0 Å². The van der Waals surface area contributed by atoms with Gasteiger partial charge in [-0.15, -0.1) is 12.4 Å². The Morgan fingerprint density at radius 3 is 1.94 bits per heavy atom. The summed E-state index contributed by atoms with van der Waals surface area (Å²) in [4.78, 5) is 2.36. The minimum absolute atomic E-state index is 0. The van der Waals surface area contributed by atoms with Gasteiger partial charge in [0.05, 0.1) is 4.90 Å². The highest BCUT2D eigenvalue weighted by molar-refractivity contribution is 7.90. The molecule has 7 heteroatoms. The highest BCUT2D eigenvalue weighted by Gasteiger charge is 2.16. The lowest BCUT2D eigenvalue weighted by atomic mass is 9.87. The monoisotopic (exact) mass is 515 g/mol. The summed E-state index contributed by atoms with van der Waals surface area (Å²) in [7, 11) is 0.734. The minimum atomic E-state index is -3.29. The van der Waals surface area contributed by atoms with Gasteiger partial charge in [0.25, 0.3) is 0 Å². The largest absolute Gasteiger partial charge is 0.492 e. The van der Waals surface area contributed by atoms with Crippen molar-refractivity contribution in [2.75, 3.05) is 40.1 Å². The predicted molar refractivity (Wildman–Crippen MR) is 146 cm³/mol. The molecule has 0 amide bonds. The molecule has 0 spiro atoms. The highest BCUT2D eigenvalue weighted by Crippen LogP contribution is 2.36. The second kappa shape index (κ2) is 13.4. The fourth-order valence-corrected chi connectivity index (χ4v) is 4.39. The lowest BCUT2D eigenvalue weighted by Gasteiger charge is -2.18. The molecular formula is C28H34ClNO4S. The molecular weight excluding hydrogens is 482 g/mol. The molecule has 0 radical (unpaired) electrons.